The molecule has 0 aromatic heterocycles. The maximum absolute atomic E-state index is 12.7. The Balaban J connectivity index is 3.18. The van der Waals surface area contributed by atoms with Crippen molar-refractivity contribution in [3.63, 3.8) is 0 Å². The number of allylic oxidation sites excluding steroid dienone is 3. The number of carbonyl (C=O) groups excluding carboxylic acids is 2. The van der Waals surface area contributed by atoms with Gasteiger partial charge in [0.2, 0.25) is 0 Å². The average Bonchev–Trinajstić information content (AvgIpc) is 2.56. The minimum Gasteiger partial charge on any atom is -0.461 e. The molecule has 1 rings (SSSR count). The summed E-state index contributed by atoms with van der Waals surface area (Å²) in [6.45, 7) is 13.3. The maximum atomic E-state index is 12.7. The van der Waals surface area contributed by atoms with Gasteiger partial charge >= 0.3 is 5.97 Å². The monoisotopic (exact) mass is 348 g/mol. The van der Waals surface area contributed by atoms with E-state index < -0.39 is 29.7 Å². The van der Waals surface area contributed by atoms with Crippen molar-refractivity contribution in [1.82, 2.24) is 0 Å². The third-order valence-corrected chi connectivity index (χ3v) is 4.30. The van der Waals surface area contributed by atoms with E-state index in [1.54, 1.807) is 6.08 Å². The second kappa shape index (κ2) is 9.49. The average molecular weight is 348 g/mol. The summed E-state index contributed by atoms with van der Waals surface area (Å²) in [4.78, 5) is 25.0. The van der Waals surface area contributed by atoms with Crippen LogP contribution >= 0.6 is 0 Å². The topological polar surface area (TPSA) is 72.8 Å². The lowest BCUT2D eigenvalue weighted by Gasteiger charge is -2.38. The van der Waals surface area contributed by atoms with Crippen LogP contribution in [-0.4, -0.2) is 35.9 Å². The first-order chi connectivity index (χ1) is 11.7. The van der Waals surface area contributed by atoms with Crippen molar-refractivity contribution in [3.8, 4) is 0 Å². The van der Waals surface area contributed by atoms with Crippen LogP contribution in [0.1, 0.15) is 33.6 Å². The van der Waals surface area contributed by atoms with Crippen molar-refractivity contribution in [2.45, 2.75) is 46.0 Å². The van der Waals surface area contributed by atoms with Gasteiger partial charge in [0.25, 0.3) is 0 Å². The Morgan fingerprint density at radius 1 is 1.48 bits per heavy atom. The van der Waals surface area contributed by atoms with E-state index in [2.05, 4.69) is 19.2 Å². The zero-order chi connectivity index (χ0) is 19.0. The van der Waals surface area contributed by atoms with Gasteiger partial charge in [0.15, 0.2) is 12.1 Å². The van der Waals surface area contributed by atoms with Crippen molar-refractivity contribution in [1.29, 1.82) is 0 Å². The highest BCUT2D eigenvalue weighted by molar-refractivity contribution is 5.97. The van der Waals surface area contributed by atoms with Gasteiger partial charge in [-0.05, 0) is 38.8 Å². The van der Waals surface area contributed by atoms with Crippen molar-refractivity contribution in [3.05, 3.63) is 49.1 Å². The van der Waals surface area contributed by atoms with Crippen LogP contribution < -0.4 is 0 Å². The molecule has 1 unspecified atom stereocenters. The lowest BCUT2D eigenvalue weighted by Crippen LogP contribution is -2.48. The number of rotatable bonds is 9. The van der Waals surface area contributed by atoms with Crippen molar-refractivity contribution < 1.29 is 24.2 Å². The van der Waals surface area contributed by atoms with Gasteiger partial charge in [0.05, 0.1) is 5.92 Å². The highest BCUT2D eigenvalue weighted by Crippen LogP contribution is 2.39. The van der Waals surface area contributed by atoms with E-state index in [9.17, 15) is 14.7 Å². The number of hydrogen-bond acceptors (Lipinski definition) is 5. The first kappa shape index (κ1) is 21.1. The highest BCUT2D eigenvalue weighted by atomic mass is 16.6. The molecule has 0 saturated heterocycles. The number of ketones is 1. The molecule has 0 fully saturated rings. The van der Waals surface area contributed by atoms with Gasteiger partial charge < -0.3 is 14.6 Å². The lowest BCUT2D eigenvalue weighted by atomic mass is 9.70. The molecule has 0 aromatic carbocycles. The smallest absolute Gasteiger partial charge is 0.313 e. The molecule has 0 radical (unpaired) electrons. The van der Waals surface area contributed by atoms with E-state index in [0.29, 0.717) is 6.42 Å². The molecular formula is C20H28O5. The Bertz CT molecular complexity index is 571. The van der Waals surface area contributed by atoms with Gasteiger partial charge in [-0.25, -0.2) is 0 Å². The normalized spacial score (nSPS) is 23.3. The second-order valence-corrected chi connectivity index (χ2v) is 6.64. The zero-order valence-electron chi connectivity index (χ0n) is 15.2. The molecular weight excluding hydrogens is 320 g/mol. The summed E-state index contributed by atoms with van der Waals surface area (Å²) in [6, 6.07) is 0. The van der Waals surface area contributed by atoms with Crippen LogP contribution in [0.25, 0.3) is 0 Å². The molecule has 1 N–H and O–H groups in total. The number of aliphatic hydroxyl groups is 1. The molecule has 0 spiro atoms. The van der Waals surface area contributed by atoms with Crippen LogP contribution in [0.3, 0.4) is 0 Å². The summed E-state index contributed by atoms with van der Waals surface area (Å²) in [7, 11) is 0. The zero-order valence-corrected chi connectivity index (χ0v) is 15.2. The third-order valence-electron chi connectivity index (χ3n) is 4.30. The number of hydrogen-bond donors (Lipinski definition) is 1. The molecule has 0 saturated carbocycles. The van der Waals surface area contributed by atoms with E-state index in [1.165, 1.54) is 23.8 Å². The van der Waals surface area contributed by atoms with Crippen molar-refractivity contribution >= 4 is 11.8 Å². The first-order valence-electron chi connectivity index (χ1n) is 8.35. The summed E-state index contributed by atoms with van der Waals surface area (Å²) in [5, 5.41) is 9.73. The molecule has 138 valence electrons. The van der Waals surface area contributed by atoms with E-state index in [4.69, 9.17) is 9.47 Å². The van der Waals surface area contributed by atoms with E-state index in [1.807, 2.05) is 20.8 Å². The molecule has 0 aromatic rings. The molecule has 0 amide bonds. The summed E-state index contributed by atoms with van der Waals surface area (Å²) in [5.74, 6) is -1.86. The molecule has 5 nitrogen and oxygen atoms in total. The van der Waals surface area contributed by atoms with E-state index >= 15 is 0 Å². The Morgan fingerprint density at radius 3 is 2.72 bits per heavy atom. The third kappa shape index (κ3) is 5.80. The molecule has 1 heterocycles. The second-order valence-electron chi connectivity index (χ2n) is 6.64. The molecule has 5 heteroatoms. The summed E-state index contributed by atoms with van der Waals surface area (Å²) < 4.78 is 10.6. The lowest BCUT2D eigenvalue weighted by molar-refractivity contribution is -0.179. The summed E-state index contributed by atoms with van der Waals surface area (Å²) >= 11 is 0. The van der Waals surface area contributed by atoms with Gasteiger partial charge in [0, 0.05) is 5.41 Å². The van der Waals surface area contributed by atoms with Gasteiger partial charge in [-0.15, -0.1) is 6.58 Å². The Kier molecular flexibility index (Phi) is 8.00. The number of carbonyl (C=O) groups is 2. The van der Waals surface area contributed by atoms with Gasteiger partial charge in [-0.1, -0.05) is 37.3 Å². The number of ether oxygens (including phenoxy) is 2. The van der Waals surface area contributed by atoms with Gasteiger partial charge in [-0.3, -0.25) is 9.59 Å². The highest BCUT2D eigenvalue weighted by Gasteiger charge is 2.47. The fraction of sp³-hybridized carbons (Fsp3) is 0.500. The van der Waals surface area contributed by atoms with Crippen LogP contribution in [0.5, 0.6) is 0 Å². The molecule has 1 aliphatic rings. The summed E-state index contributed by atoms with van der Waals surface area (Å²) in [5.41, 5.74) is 0.427. The molecule has 4 atom stereocenters. The molecule has 1 aliphatic heterocycles. The maximum Gasteiger partial charge on any atom is 0.313 e. The first-order valence-corrected chi connectivity index (χ1v) is 8.35. The minimum absolute atomic E-state index is 0.0375. The quantitative estimate of drug-likeness (QED) is 0.512. The van der Waals surface area contributed by atoms with E-state index in [-0.39, 0.29) is 12.4 Å². The predicted octanol–water partition coefficient (Wildman–Crippen LogP) is 3.11. The largest absolute Gasteiger partial charge is 0.461 e. The van der Waals surface area contributed by atoms with Crippen molar-refractivity contribution in [2.24, 2.45) is 11.3 Å². The Morgan fingerprint density at radius 2 is 2.16 bits per heavy atom. The van der Waals surface area contributed by atoms with Crippen LogP contribution in [0.15, 0.2) is 49.1 Å². The minimum atomic E-state index is -1.23. The molecule has 0 aliphatic carbocycles. The Hall–Kier alpha value is -1.98. The van der Waals surface area contributed by atoms with Crippen LogP contribution in [0.2, 0.25) is 0 Å². The SMILES string of the molecule is C=CCOC(=O)[C@H]([C@@H]1OC(O)C=CC1=O)[C@@](C)(C=C)CCC=C(C)C. The van der Waals surface area contributed by atoms with Crippen LogP contribution in [0.4, 0.5) is 0 Å². The van der Waals surface area contributed by atoms with Crippen LogP contribution in [-0.2, 0) is 19.1 Å². The number of aliphatic hydroxyl groups excluding tert-OH is 1. The van der Waals surface area contributed by atoms with Crippen LogP contribution in [0, 0.1) is 11.3 Å². The Labute approximate surface area is 149 Å². The van der Waals surface area contributed by atoms with E-state index in [0.717, 1.165) is 6.42 Å². The summed E-state index contributed by atoms with van der Waals surface area (Å²) in [6.07, 6.45) is 6.63. The van der Waals surface area contributed by atoms with Gasteiger partial charge in [0.1, 0.15) is 12.7 Å². The van der Waals surface area contributed by atoms with Crippen molar-refractivity contribution in [2.75, 3.05) is 6.61 Å². The molecule has 0 bridgehead atoms. The fourth-order valence-corrected chi connectivity index (χ4v) is 2.80. The fourth-order valence-electron chi connectivity index (χ4n) is 2.80. The predicted molar refractivity (Wildman–Crippen MR) is 96.6 cm³/mol. The van der Waals surface area contributed by atoms with Gasteiger partial charge in [-0.2, -0.15) is 0 Å². The standard InChI is InChI=1S/C20H28O5/c1-6-13-24-19(23)17(18-15(21)10-11-16(22)25-18)20(5,7-2)12-8-9-14(3)4/h6-7,9-11,16-18,22H,1-2,8,12-13H2,3-5H3/t16?,17-,18+,20-/m0/s1. The molecule has 25 heavy (non-hydrogen) atoms. The number of esters is 1.